The first-order valence-corrected chi connectivity index (χ1v) is 12.1. The van der Waals surface area contributed by atoms with Crippen molar-refractivity contribution in [2.24, 2.45) is 0 Å². The van der Waals surface area contributed by atoms with E-state index in [2.05, 4.69) is 24.7 Å². The van der Waals surface area contributed by atoms with Gasteiger partial charge in [-0.05, 0) is 47.7 Å². The van der Waals surface area contributed by atoms with Gasteiger partial charge in [-0.2, -0.15) is 4.31 Å². The van der Waals surface area contributed by atoms with Crippen LogP contribution in [0.5, 0.6) is 0 Å². The number of nitrogens with zero attached hydrogens (tertiary/aromatic N) is 1. The number of morpholine rings is 1. The Labute approximate surface area is 189 Å². The third-order valence-corrected chi connectivity index (χ3v) is 7.24. The molecule has 1 aliphatic rings. The van der Waals surface area contributed by atoms with Crippen molar-refractivity contribution in [1.82, 2.24) is 15.2 Å². The van der Waals surface area contributed by atoms with Crippen molar-refractivity contribution in [1.29, 1.82) is 0 Å². The number of hydrazine groups is 1. The first-order chi connectivity index (χ1) is 15.3. The average Bonchev–Trinajstić information content (AvgIpc) is 2.82. The highest BCUT2D eigenvalue weighted by molar-refractivity contribution is 7.89. The van der Waals surface area contributed by atoms with Gasteiger partial charge in [-0.25, -0.2) is 8.42 Å². The molecule has 32 heavy (non-hydrogen) atoms. The van der Waals surface area contributed by atoms with Crippen LogP contribution in [0.2, 0.25) is 0 Å². The maximum absolute atomic E-state index is 12.6. The molecule has 1 heterocycles. The third kappa shape index (κ3) is 6.15. The average molecular weight is 460 g/mol. The largest absolute Gasteiger partial charge is 0.379 e. The Balaban J connectivity index is 1.47. The fraction of sp³-hybridized carbons (Fsp3) is 0.391. The van der Waals surface area contributed by atoms with Gasteiger partial charge >= 0.3 is 0 Å². The van der Waals surface area contributed by atoms with Gasteiger partial charge < -0.3 is 4.74 Å². The Hall–Kier alpha value is -2.75. The molecule has 9 heteroatoms. The topological polar surface area (TPSA) is 105 Å². The maximum Gasteiger partial charge on any atom is 0.269 e. The molecule has 172 valence electrons. The predicted molar refractivity (Wildman–Crippen MR) is 120 cm³/mol. The van der Waals surface area contributed by atoms with Crippen LogP contribution in [-0.2, 0) is 26.0 Å². The molecule has 1 saturated heterocycles. The molecular weight excluding hydrogens is 430 g/mol. The number of amides is 2. The minimum atomic E-state index is -3.54. The Bertz CT molecular complexity index is 1030. The monoisotopic (exact) mass is 459 g/mol. The molecule has 0 bridgehead atoms. The van der Waals surface area contributed by atoms with E-state index in [9.17, 15) is 18.0 Å². The van der Waals surface area contributed by atoms with E-state index in [1.54, 1.807) is 36.4 Å². The van der Waals surface area contributed by atoms with Crippen LogP contribution in [-0.4, -0.2) is 50.8 Å². The number of rotatable bonds is 7. The lowest BCUT2D eigenvalue weighted by Crippen LogP contribution is -2.41. The van der Waals surface area contributed by atoms with Crippen LogP contribution in [0.4, 0.5) is 0 Å². The highest BCUT2D eigenvalue weighted by atomic mass is 32.2. The molecule has 0 aliphatic carbocycles. The van der Waals surface area contributed by atoms with Crippen molar-refractivity contribution in [2.75, 3.05) is 26.3 Å². The number of hydrogen-bond donors (Lipinski definition) is 2. The molecule has 0 spiro atoms. The normalized spacial score (nSPS) is 14.8. The quantitative estimate of drug-likeness (QED) is 0.618. The van der Waals surface area contributed by atoms with E-state index in [-0.39, 0.29) is 23.1 Å². The summed E-state index contributed by atoms with van der Waals surface area (Å²) < 4.78 is 31.9. The Morgan fingerprint density at radius 3 is 2.19 bits per heavy atom. The molecule has 0 radical (unpaired) electrons. The van der Waals surface area contributed by atoms with Crippen LogP contribution in [0.1, 0.15) is 47.7 Å². The molecule has 2 aromatic rings. The summed E-state index contributed by atoms with van der Waals surface area (Å²) >= 11 is 0. The van der Waals surface area contributed by atoms with E-state index < -0.39 is 10.0 Å². The standard InChI is InChI=1S/C23H29N3O5S/c1-17(2)19-6-8-20(9-7-19)23(28)25-24-22(27)12-5-18-3-10-21(11-4-18)32(29,30)26-13-15-31-16-14-26/h3-4,6-11,17H,5,12-16H2,1-2H3,(H,24,27)(H,25,28). The van der Waals surface area contributed by atoms with Crippen molar-refractivity contribution < 1.29 is 22.7 Å². The van der Waals surface area contributed by atoms with Crippen LogP contribution >= 0.6 is 0 Å². The first kappa shape index (κ1) is 23.9. The van der Waals surface area contributed by atoms with Gasteiger partial charge in [-0.15, -0.1) is 0 Å². The molecule has 1 fully saturated rings. The number of aryl methyl sites for hydroxylation is 1. The van der Waals surface area contributed by atoms with Crippen molar-refractivity contribution in [3.8, 4) is 0 Å². The third-order valence-electron chi connectivity index (χ3n) is 5.33. The van der Waals surface area contributed by atoms with Gasteiger partial charge in [-0.1, -0.05) is 38.1 Å². The summed E-state index contributed by atoms with van der Waals surface area (Å²) in [5, 5.41) is 0. The van der Waals surface area contributed by atoms with Crippen LogP contribution < -0.4 is 10.9 Å². The van der Waals surface area contributed by atoms with Gasteiger partial charge in [-0.3, -0.25) is 20.4 Å². The highest BCUT2D eigenvalue weighted by Gasteiger charge is 2.26. The zero-order chi connectivity index (χ0) is 23.1. The number of nitrogens with one attached hydrogen (secondary N) is 2. The summed E-state index contributed by atoms with van der Waals surface area (Å²) in [4.78, 5) is 24.5. The zero-order valence-electron chi connectivity index (χ0n) is 18.3. The number of carbonyl (C=O) groups is 2. The zero-order valence-corrected chi connectivity index (χ0v) is 19.2. The van der Waals surface area contributed by atoms with Crippen LogP contribution in [0.25, 0.3) is 0 Å². The number of hydrogen-bond acceptors (Lipinski definition) is 5. The summed E-state index contributed by atoms with van der Waals surface area (Å²) in [6.45, 7) is 5.63. The van der Waals surface area contributed by atoms with E-state index in [4.69, 9.17) is 4.74 Å². The molecule has 3 rings (SSSR count). The van der Waals surface area contributed by atoms with Gasteiger partial charge in [0.05, 0.1) is 18.1 Å². The van der Waals surface area contributed by atoms with E-state index >= 15 is 0 Å². The summed E-state index contributed by atoms with van der Waals surface area (Å²) in [5.41, 5.74) is 7.26. The predicted octanol–water partition coefficient (Wildman–Crippen LogP) is 2.22. The molecule has 2 N–H and O–H groups in total. The van der Waals surface area contributed by atoms with Gasteiger partial charge in [0.1, 0.15) is 0 Å². The molecule has 2 aromatic carbocycles. The summed E-state index contributed by atoms with van der Waals surface area (Å²) in [6.07, 6.45) is 0.574. The lowest BCUT2D eigenvalue weighted by molar-refractivity contribution is -0.121. The number of benzene rings is 2. The SMILES string of the molecule is CC(C)c1ccc(C(=O)NNC(=O)CCc2ccc(S(=O)(=O)N3CCOCC3)cc2)cc1. The summed E-state index contributed by atoms with van der Waals surface area (Å²) in [7, 11) is -3.54. The molecule has 0 aromatic heterocycles. The van der Waals surface area contributed by atoms with Crippen LogP contribution in [0.3, 0.4) is 0 Å². The molecule has 0 saturated carbocycles. The minimum Gasteiger partial charge on any atom is -0.379 e. The number of ether oxygens (including phenoxy) is 1. The van der Waals surface area contributed by atoms with E-state index in [1.807, 2.05) is 12.1 Å². The van der Waals surface area contributed by atoms with Gasteiger partial charge in [0.25, 0.3) is 5.91 Å². The van der Waals surface area contributed by atoms with E-state index in [0.29, 0.717) is 44.2 Å². The molecule has 0 atom stereocenters. The molecule has 8 nitrogen and oxygen atoms in total. The second-order valence-corrected chi connectivity index (χ2v) is 9.88. The fourth-order valence-electron chi connectivity index (χ4n) is 3.30. The lowest BCUT2D eigenvalue weighted by Gasteiger charge is -2.26. The van der Waals surface area contributed by atoms with Crippen molar-refractivity contribution >= 4 is 21.8 Å². The first-order valence-electron chi connectivity index (χ1n) is 10.6. The molecular formula is C23H29N3O5S. The highest BCUT2D eigenvalue weighted by Crippen LogP contribution is 2.18. The Kier molecular flexibility index (Phi) is 8.00. The van der Waals surface area contributed by atoms with Gasteiger partial charge in [0.15, 0.2) is 0 Å². The van der Waals surface area contributed by atoms with Crippen LogP contribution in [0, 0.1) is 0 Å². The van der Waals surface area contributed by atoms with Crippen molar-refractivity contribution in [3.05, 3.63) is 65.2 Å². The summed E-state index contributed by atoms with van der Waals surface area (Å²) in [5.74, 6) is -0.339. The Morgan fingerprint density at radius 2 is 1.59 bits per heavy atom. The summed E-state index contributed by atoms with van der Waals surface area (Å²) in [6, 6.07) is 13.8. The smallest absolute Gasteiger partial charge is 0.269 e. The Morgan fingerprint density at radius 1 is 0.969 bits per heavy atom. The lowest BCUT2D eigenvalue weighted by atomic mass is 10.0. The maximum atomic E-state index is 12.6. The number of carbonyl (C=O) groups excluding carboxylic acids is 2. The van der Waals surface area contributed by atoms with E-state index in [1.165, 1.54) is 4.31 Å². The minimum absolute atomic E-state index is 0.155. The molecule has 0 unspecified atom stereocenters. The van der Waals surface area contributed by atoms with Crippen molar-refractivity contribution in [2.45, 2.75) is 37.5 Å². The van der Waals surface area contributed by atoms with Gasteiger partial charge in [0, 0.05) is 25.1 Å². The number of sulfonamides is 1. The molecule has 1 aliphatic heterocycles. The van der Waals surface area contributed by atoms with Crippen LogP contribution in [0.15, 0.2) is 53.4 Å². The molecule has 2 amide bonds. The fourth-order valence-corrected chi connectivity index (χ4v) is 4.71. The van der Waals surface area contributed by atoms with Crippen molar-refractivity contribution in [3.63, 3.8) is 0 Å². The van der Waals surface area contributed by atoms with Gasteiger partial charge in [0.2, 0.25) is 15.9 Å². The second-order valence-electron chi connectivity index (χ2n) is 7.94. The van der Waals surface area contributed by atoms with E-state index in [0.717, 1.165) is 11.1 Å². The second kappa shape index (κ2) is 10.7.